The fourth-order valence-electron chi connectivity index (χ4n) is 0.492. The second-order valence-corrected chi connectivity index (χ2v) is 2.14. The van der Waals surface area contributed by atoms with Gasteiger partial charge in [-0.05, 0) is 19.3 Å². The highest BCUT2D eigenvalue weighted by atomic mass is 16.5. The van der Waals surface area contributed by atoms with Crippen LogP contribution in [0.4, 0.5) is 0 Å². The maximum absolute atomic E-state index is 5.23. The van der Waals surface area contributed by atoms with E-state index in [9.17, 15) is 0 Å². The third kappa shape index (κ3) is 2.31. The van der Waals surface area contributed by atoms with Gasteiger partial charge in [0.1, 0.15) is 0 Å². The molecule has 0 aromatic carbocycles. The zero-order valence-electron chi connectivity index (χ0n) is 5.10. The summed E-state index contributed by atoms with van der Waals surface area (Å²) in [6, 6.07) is 0. The summed E-state index contributed by atoms with van der Waals surface area (Å²) in [5, 5.41) is 0. The van der Waals surface area contributed by atoms with Gasteiger partial charge < -0.3 is 4.74 Å². The first-order chi connectivity index (χ1) is 3.93. The summed E-state index contributed by atoms with van der Waals surface area (Å²) in [6.07, 6.45) is 5.03. The van der Waals surface area contributed by atoms with Crippen molar-refractivity contribution in [1.29, 1.82) is 0 Å². The van der Waals surface area contributed by atoms with Crippen LogP contribution < -0.4 is 0 Å². The topological polar surface area (TPSA) is 9.23 Å². The zero-order chi connectivity index (χ0) is 5.82. The van der Waals surface area contributed by atoms with Crippen molar-refractivity contribution in [3.63, 3.8) is 0 Å². The van der Waals surface area contributed by atoms with E-state index in [2.05, 4.69) is 6.92 Å². The molecule has 1 aliphatic carbocycles. The molecule has 0 N–H and O–H groups in total. The minimum absolute atomic E-state index is 0.571. The molecule has 0 amide bonds. The van der Waals surface area contributed by atoms with Gasteiger partial charge >= 0.3 is 0 Å². The minimum atomic E-state index is 0.571. The monoisotopic (exact) mass is 112 g/mol. The van der Waals surface area contributed by atoms with Crippen molar-refractivity contribution in [2.75, 3.05) is 0 Å². The van der Waals surface area contributed by atoms with Gasteiger partial charge in [-0.25, -0.2) is 0 Å². The quantitative estimate of drug-likeness (QED) is 0.505. The molecule has 0 unspecified atom stereocenters. The van der Waals surface area contributed by atoms with Gasteiger partial charge in [-0.1, -0.05) is 13.3 Å². The highest BCUT2D eigenvalue weighted by molar-refractivity contribution is 4.75. The summed E-state index contributed by atoms with van der Waals surface area (Å²) in [5.74, 6) is 0. The molecule has 0 aliphatic heterocycles. The van der Waals surface area contributed by atoms with Crippen LogP contribution in [0.25, 0.3) is 0 Å². The predicted octanol–water partition coefficient (Wildman–Crippen LogP) is 1.94. The maximum atomic E-state index is 5.23. The molecule has 8 heavy (non-hydrogen) atoms. The standard InChI is InChI=1S/C7H12O/c1-2-3-6-8-7-4-5-7/h6-7H,1-5H2. The fourth-order valence-corrected chi connectivity index (χ4v) is 0.492. The van der Waals surface area contributed by atoms with Crippen molar-refractivity contribution >= 4 is 0 Å². The lowest BCUT2D eigenvalue weighted by molar-refractivity contribution is 0.177. The molecule has 1 saturated carbocycles. The summed E-state index contributed by atoms with van der Waals surface area (Å²) in [5.41, 5.74) is 0. The molecule has 1 heteroatoms. The molecule has 0 saturated heterocycles. The first-order valence-electron chi connectivity index (χ1n) is 3.20. The Morgan fingerprint density at radius 2 is 2.38 bits per heavy atom. The molecule has 0 aromatic rings. The number of unbranched alkanes of at least 4 members (excludes halogenated alkanes) is 1. The average Bonchev–Trinajstić information content (AvgIpc) is 2.51. The lowest BCUT2D eigenvalue weighted by Gasteiger charge is -1.95. The molecule has 1 fully saturated rings. The van der Waals surface area contributed by atoms with Gasteiger partial charge in [0.2, 0.25) is 0 Å². The van der Waals surface area contributed by atoms with E-state index in [4.69, 9.17) is 4.74 Å². The second-order valence-electron chi connectivity index (χ2n) is 2.14. The molecule has 1 aliphatic rings. The normalized spacial score (nSPS) is 19.1. The molecule has 2 radical (unpaired) electrons. The van der Waals surface area contributed by atoms with Crippen LogP contribution in [0.3, 0.4) is 0 Å². The molecule has 0 atom stereocenters. The highest BCUT2D eigenvalue weighted by Gasteiger charge is 2.21. The molecular formula is C7H12O. The lowest BCUT2D eigenvalue weighted by atomic mass is 10.4. The summed E-state index contributed by atoms with van der Waals surface area (Å²) in [4.78, 5) is 0. The Morgan fingerprint density at radius 1 is 1.62 bits per heavy atom. The molecule has 0 bridgehead atoms. The van der Waals surface area contributed by atoms with Crippen LogP contribution in [0.2, 0.25) is 0 Å². The third-order valence-electron chi connectivity index (χ3n) is 1.14. The molecule has 0 heterocycles. The first kappa shape index (κ1) is 6.09. The SMILES string of the molecule is [CH2]CC[CH]OC1CC1. The Balaban J connectivity index is 1.74. The van der Waals surface area contributed by atoms with Gasteiger partial charge in [-0.3, -0.25) is 0 Å². The van der Waals surface area contributed by atoms with E-state index in [0.29, 0.717) is 6.10 Å². The van der Waals surface area contributed by atoms with Crippen molar-refractivity contribution in [1.82, 2.24) is 0 Å². The molecule has 1 nitrogen and oxygen atoms in total. The van der Waals surface area contributed by atoms with E-state index in [-0.39, 0.29) is 0 Å². The van der Waals surface area contributed by atoms with Crippen LogP contribution >= 0.6 is 0 Å². The van der Waals surface area contributed by atoms with Crippen LogP contribution in [-0.4, -0.2) is 6.10 Å². The van der Waals surface area contributed by atoms with E-state index in [0.717, 1.165) is 12.8 Å². The Labute approximate surface area is 51.0 Å². The van der Waals surface area contributed by atoms with Crippen molar-refractivity contribution < 1.29 is 4.74 Å². The fraction of sp³-hybridized carbons (Fsp3) is 0.714. The largest absolute Gasteiger partial charge is 0.372 e. The zero-order valence-corrected chi connectivity index (χ0v) is 5.10. The van der Waals surface area contributed by atoms with Crippen LogP contribution in [0, 0.1) is 13.5 Å². The van der Waals surface area contributed by atoms with E-state index in [1.54, 1.807) is 0 Å². The van der Waals surface area contributed by atoms with Crippen LogP contribution in [0.5, 0.6) is 0 Å². The van der Waals surface area contributed by atoms with E-state index >= 15 is 0 Å². The van der Waals surface area contributed by atoms with Crippen LogP contribution in [0.15, 0.2) is 0 Å². The van der Waals surface area contributed by atoms with Gasteiger partial charge in [0, 0.05) is 0 Å². The smallest absolute Gasteiger partial charge is 0.0840 e. The minimum Gasteiger partial charge on any atom is -0.372 e. The number of hydrogen-bond donors (Lipinski definition) is 0. The van der Waals surface area contributed by atoms with Gasteiger partial charge in [-0.15, -0.1) is 0 Å². The maximum Gasteiger partial charge on any atom is 0.0840 e. The van der Waals surface area contributed by atoms with Gasteiger partial charge in [0.15, 0.2) is 0 Å². The van der Waals surface area contributed by atoms with Crippen molar-refractivity contribution in [2.24, 2.45) is 0 Å². The summed E-state index contributed by atoms with van der Waals surface area (Å²) in [6.45, 7) is 5.57. The van der Waals surface area contributed by atoms with E-state index in [1.165, 1.54) is 12.8 Å². The third-order valence-corrected chi connectivity index (χ3v) is 1.14. The molecule has 0 aromatic heterocycles. The summed E-state index contributed by atoms with van der Waals surface area (Å²) < 4.78 is 5.23. The first-order valence-corrected chi connectivity index (χ1v) is 3.20. The number of hydrogen-bond acceptors (Lipinski definition) is 1. The van der Waals surface area contributed by atoms with Crippen molar-refractivity contribution in [3.05, 3.63) is 13.5 Å². The van der Waals surface area contributed by atoms with Crippen LogP contribution in [-0.2, 0) is 4.74 Å². The Kier molecular flexibility index (Phi) is 2.34. The van der Waals surface area contributed by atoms with Crippen LogP contribution in [0.1, 0.15) is 25.7 Å². The molecule has 46 valence electrons. The van der Waals surface area contributed by atoms with Crippen molar-refractivity contribution in [3.8, 4) is 0 Å². The lowest BCUT2D eigenvalue weighted by Crippen LogP contribution is -1.88. The predicted molar refractivity (Wildman–Crippen MR) is 33.0 cm³/mol. The Hall–Kier alpha value is -0.0400. The number of ether oxygens (including phenoxy) is 1. The highest BCUT2D eigenvalue weighted by Crippen LogP contribution is 2.24. The average molecular weight is 112 g/mol. The van der Waals surface area contributed by atoms with Gasteiger partial charge in [-0.2, -0.15) is 0 Å². The van der Waals surface area contributed by atoms with Crippen molar-refractivity contribution in [2.45, 2.75) is 31.8 Å². The Bertz CT molecular complexity index is 57.4. The summed E-state index contributed by atoms with van der Waals surface area (Å²) >= 11 is 0. The molecular weight excluding hydrogens is 100 g/mol. The summed E-state index contributed by atoms with van der Waals surface area (Å²) in [7, 11) is 0. The Morgan fingerprint density at radius 3 is 2.88 bits per heavy atom. The molecule has 1 rings (SSSR count). The van der Waals surface area contributed by atoms with E-state index in [1.807, 2.05) is 6.61 Å². The van der Waals surface area contributed by atoms with E-state index < -0.39 is 0 Å². The second kappa shape index (κ2) is 3.08. The van der Waals surface area contributed by atoms with Gasteiger partial charge in [0.25, 0.3) is 0 Å². The van der Waals surface area contributed by atoms with Gasteiger partial charge in [0.05, 0.1) is 12.7 Å². The molecule has 0 spiro atoms. The number of rotatable bonds is 4.